The van der Waals surface area contributed by atoms with Gasteiger partial charge in [0.2, 0.25) is 0 Å². The number of hydrogen-bond acceptors (Lipinski definition) is 9. The van der Waals surface area contributed by atoms with Gasteiger partial charge < -0.3 is 29.0 Å². The Labute approximate surface area is 334 Å². The molecule has 1 aromatic heterocycles. The smallest absolute Gasteiger partial charge is 0.320 e. The van der Waals surface area contributed by atoms with E-state index in [0.29, 0.717) is 54.1 Å². The van der Waals surface area contributed by atoms with Crippen LogP contribution < -0.4 is 14.2 Å². The Morgan fingerprint density at radius 3 is 2.55 bits per heavy atom. The third-order valence-electron chi connectivity index (χ3n) is 11.6. The molecular formula is C45H51ClN4O6. The highest BCUT2D eigenvalue weighted by Crippen LogP contribution is 2.38. The van der Waals surface area contributed by atoms with Crippen LogP contribution in [-0.4, -0.2) is 77.9 Å². The molecule has 0 saturated carbocycles. The minimum absolute atomic E-state index is 0.164. The Kier molecular flexibility index (Phi) is 13.1. The molecule has 3 atom stereocenters. The number of piperidine rings is 1. The molecule has 0 radical (unpaired) electrons. The SMILES string of the molecule is Cc1c(COc2cc(OCc3cncc(C#N)c3)c(CN3CCCC[C@H]3C(=O)O)cc2Cl)cccc1-c1cccc(OCCCN2CC3CCOCC3C2)c1C. The Morgan fingerprint density at radius 2 is 1.73 bits per heavy atom. The summed E-state index contributed by atoms with van der Waals surface area (Å²) in [5, 5.41) is 19.7. The van der Waals surface area contributed by atoms with Crippen LogP contribution in [0.25, 0.3) is 11.1 Å². The van der Waals surface area contributed by atoms with Gasteiger partial charge in [0, 0.05) is 62.4 Å². The summed E-state index contributed by atoms with van der Waals surface area (Å²) in [6.45, 7) is 11.5. The molecule has 3 aromatic carbocycles. The second-order valence-corrected chi connectivity index (χ2v) is 15.8. The molecule has 3 fully saturated rings. The molecule has 2 unspecified atom stereocenters. The second-order valence-electron chi connectivity index (χ2n) is 15.3. The predicted molar refractivity (Wildman–Crippen MR) is 215 cm³/mol. The van der Waals surface area contributed by atoms with E-state index in [-0.39, 0.29) is 13.2 Å². The van der Waals surface area contributed by atoms with Crippen LogP contribution in [0.5, 0.6) is 17.2 Å². The third-order valence-corrected chi connectivity index (χ3v) is 11.9. The Morgan fingerprint density at radius 1 is 0.929 bits per heavy atom. The number of likely N-dealkylation sites (tertiary alicyclic amines) is 2. The standard InChI is InChI=1S/C45H51ClN4O6/c1-30-35(8-5-9-38(30)39-10-6-12-42(31(39)2)54-16-7-14-49-24-34-13-17-53-28-37(34)25-49)29-56-44-20-43(55-27-33-18-32(21-47)22-48-23-33)36(19-40(44)46)26-50-15-4-3-11-41(50)45(51)52/h5-6,8-10,12,18-20,22-23,34,37,41H,3-4,7,11,13-17,24-29H2,1-2H3,(H,51,52)/t34?,37?,41-/m0/s1. The first-order valence-corrected chi connectivity index (χ1v) is 20.2. The summed E-state index contributed by atoms with van der Waals surface area (Å²) in [7, 11) is 0. The van der Waals surface area contributed by atoms with Crippen molar-refractivity contribution in [2.45, 2.75) is 71.8 Å². The highest BCUT2D eigenvalue weighted by Gasteiger charge is 2.34. The lowest BCUT2D eigenvalue weighted by Crippen LogP contribution is -2.44. The minimum atomic E-state index is -0.828. The van der Waals surface area contributed by atoms with E-state index < -0.39 is 12.0 Å². The van der Waals surface area contributed by atoms with Crippen LogP contribution in [0.15, 0.2) is 67.0 Å². The van der Waals surface area contributed by atoms with E-state index in [9.17, 15) is 15.2 Å². The van der Waals surface area contributed by atoms with E-state index in [2.05, 4.69) is 60.1 Å². The summed E-state index contributed by atoms with van der Waals surface area (Å²) < 4.78 is 24.8. The molecule has 4 heterocycles. The van der Waals surface area contributed by atoms with E-state index in [0.717, 1.165) is 96.2 Å². The fourth-order valence-electron chi connectivity index (χ4n) is 8.44. The molecule has 0 bridgehead atoms. The fraction of sp³-hybridized carbons (Fsp3) is 0.444. The highest BCUT2D eigenvalue weighted by molar-refractivity contribution is 6.32. The number of carboxylic acid groups (broad SMARTS) is 1. The maximum atomic E-state index is 12.1. The monoisotopic (exact) mass is 778 g/mol. The van der Waals surface area contributed by atoms with Crippen LogP contribution in [0.1, 0.15) is 65.5 Å². The maximum absolute atomic E-state index is 12.1. The van der Waals surface area contributed by atoms with E-state index >= 15 is 0 Å². The first kappa shape index (κ1) is 39.6. The molecule has 3 aliphatic heterocycles. The van der Waals surface area contributed by atoms with Crippen LogP contribution in [-0.2, 0) is 29.3 Å². The summed E-state index contributed by atoms with van der Waals surface area (Å²) in [6, 6.07) is 19.4. The van der Waals surface area contributed by atoms with Crippen molar-refractivity contribution < 1.29 is 28.8 Å². The fourth-order valence-corrected chi connectivity index (χ4v) is 8.68. The number of aliphatic carboxylic acids is 1. The van der Waals surface area contributed by atoms with Gasteiger partial charge in [-0.25, -0.2) is 0 Å². The van der Waals surface area contributed by atoms with Crippen LogP contribution in [0.2, 0.25) is 5.02 Å². The average molecular weight is 779 g/mol. The summed E-state index contributed by atoms with van der Waals surface area (Å²) in [5.74, 6) is 2.54. The van der Waals surface area contributed by atoms with Gasteiger partial charge in [-0.1, -0.05) is 48.4 Å². The summed E-state index contributed by atoms with van der Waals surface area (Å²) >= 11 is 6.88. The van der Waals surface area contributed by atoms with E-state index in [1.54, 1.807) is 18.3 Å². The van der Waals surface area contributed by atoms with Crippen molar-refractivity contribution in [3.8, 4) is 34.4 Å². The van der Waals surface area contributed by atoms with Gasteiger partial charge in [-0.05, 0) is 104 Å². The molecule has 294 valence electrons. The lowest BCUT2D eigenvalue weighted by molar-refractivity contribution is -0.144. The minimum Gasteiger partial charge on any atom is -0.493 e. The van der Waals surface area contributed by atoms with Crippen LogP contribution in [0.3, 0.4) is 0 Å². The number of nitriles is 1. The van der Waals surface area contributed by atoms with Crippen molar-refractivity contribution >= 4 is 17.6 Å². The Bertz CT molecular complexity index is 2040. The summed E-state index contributed by atoms with van der Waals surface area (Å²) in [5.41, 5.74) is 7.40. The van der Waals surface area contributed by atoms with Crippen molar-refractivity contribution in [3.05, 3.63) is 105 Å². The number of fused-ring (bicyclic) bond motifs is 1. The zero-order valence-electron chi connectivity index (χ0n) is 32.3. The molecule has 1 N–H and O–H groups in total. The summed E-state index contributed by atoms with van der Waals surface area (Å²) in [4.78, 5) is 20.8. The quantitative estimate of drug-likeness (QED) is 0.118. The van der Waals surface area contributed by atoms with Crippen molar-refractivity contribution in [3.63, 3.8) is 0 Å². The van der Waals surface area contributed by atoms with Crippen molar-refractivity contribution in [2.24, 2.45) is 11.8 Å². The number of ether oxygens (including phenoxy) is 4. The van der Waals surface area contributed by atoms with Gasteiger partial charge >= 0.3 is 5.97 Å². The molecule has 0 spiro atoms. The second kappa shape index (κ2) is 18.5. The zero-order chi connectivity index (χ0) is 39.0. The number of aromatic nitrogens is 1. The maximum Gasteiger partial charge on any atom is 0.320 e. The lowest BCUT2D eigenvalue weighted by atomic mass is 9.92. The molecule has 0 aliphatic carbocycles. The Hall–Kier alpha value is -4.66. The van der Waals surface area contributed by atoms with E-state index in [4.69, 9.17) is 30.5 Å². The number of pyridine rings is 1. The number of benzene rings is 3. The van der Waals surface area contributed by atoms with Crippen LogP contribution in [0.4, 0.5) is 0 Å². The molecule has 7 rings (SSSR count). The largest absolute Gasteiger partial charge is 0.493 e. The van der Waals surface area contributed by atoms with Gasteiger partial charge in [0.25, 0.3) is 0 Å². The van der Waals surface area contributed by atoms with Crippen molar-refractivity contribution in [2.75, 3.05) is 46.0 Å². The number of halogens is 1. The van der Waals surface area contributed by atoms with E-state index in [1.807, 2.05) is 17.0 Å². The topological polar surface area (TPSA) is 117 Å². The van der Waals surface area contributed by atoms with Gasteiger partial charge in [0.1, 0.15) is 42.6 Å². The first-order valence-electron chi connectivity index (χ1n) is 19.8. The molecule has 0 amide bonds. The number of carbonyl (C=O) groups is 1. The van der Waals surface area contributed by atoms with Crippen LogP contribution in [0, 0.1) is 37.0 Å². The number of hydrogen-bond donors (Lipinski definition) is 1. The van der Waals surface area contributed by atoms with Gasteiger partial charge in [-0.3, -0.25) is 14.7 Å². The molecule has 4 aromatic rings. The first-order chi connectivity index (χ1) is 27.3. The van der Waals surface area contributed by atoms with Gasteiger partial charge in [0.05, 0.1) is 23.8 Å². The Balaban J connectivity index is 1.04. The lowest BCUT2D eigenvalue weighted by Gasteiger charge is -2.33. The van der Waals surface area contributed by atoms with Crippen LogP contribution >= 0.6 is 11.6 Å². The van der Waals surface area contributed by atoms with Gasteiger partial charge in [-0.15, -0.1) is 0 Å². The van der Waals surface area contributed by atoms with Crippen molar-refractivity contribution in [1.29, 1.82) is 5.26 Å². The number of carboxylic acids is 1. The number of nitrogens with zero attached hydrogens (tertiary/aromatic N) is 4. The summed E-state index contributed by atoms with van der Waals surface area (Å²) in [6.07, 6.45) is 7.73. The van der Waals surface area contributed by atoms with E-state index in [1.165, 1.54) is 19.2 Å². The zero-order valence-corrected chi connectivity index (χ0v) is 33.1. The van der Waals surface area contributed by atoms with Gasteiger partial charge in [0.15, 0.2) is 0 Å². The molecule has 3 saturated heterocycles. The third kappa shape index (κ3) is 9.47. The average Bonchev–Trinajstić information content (AvgIpc) is 3.63. The normalized spacial score (nSPS) is 19.9. The van der Waals surface area contributed by atoms with Gasteiger partial charge in [-0.2, -0.15) is 5.26 Å². The molecule has 56 heavy (non-hydrogen) atoms. The van der Waals surface area contributed by atoms with Crippen molar-refractivity contribution in [1.82, 2.24) is 14.8 Å². The molecule has 11 heteroatoms. The molecular weight excluding hydrogens is 728 g/mol. The molecule has 10 nitrogen and oxygen atoms in total. The molecule has 3 aliphatic rings. The number of rotatable bonds is 15. The predicted octanol–water partition coefficient (Wildman–Crippen LogP) is 8.22. The highest BCUT2D eigenvalue weighted by atomic mass is 35.5.